The molecule has 0 bridgehead atoms. The van der Waals surface area contributed by atoms with Crippen LogP contribution in [0.4, 0.5) is 0 Å². The molecule has 1 aromatic rings. The molecule has 0 fully saturated rings. The molecule has 0 atom stereocenters. The monoisotopic (exact) mass is 258 g/mol. The predicted molar refractivity (Wildman–Crippen MR) is 74.0 cm³/mol. The van der Waals surface area contributed by atoms with Gasteiger partial charge in [0.15, 0.2) is 5.17 Å². The van der Waals surface area contributed by atoms with Gasteiger partial charge in [-0.3, -0.25) is 0 Å². The van der Waals surface area contributed by atoms with Crippen LogP contribution in [0.15, 0.2) is 34.5 Å². The van der Waals surface area contributed by atoms with Gasteiger partial charge in [-0.2, -0.15) is 5.10 Å². The van der Waals surface area contributed by atoms with Crippen LogP contribution in [-0.2, 0) is 5.75 Å². The van der Waals surface area contributed by atoms with Crippen LogP contribution in [0.5, 0.6) is 0 Å². The number of rotatable bonds is 3. The first-order valence-corrected chi connectivity index (χ1v) is 5.83. The van der Waals surface area contributed by atoms with Crippen LogP contribution < -0.4 is 11.5 Å². The third-order valence-corrected chi connectivity index (χ3v) is 2.58. The molecule has 1 rings (SSSR count). The Morgan fingerprint density at radius 3 is 2.44 bits per heavy atom. The first-order valence-electron chi connectivity index (χ1n) is 4.46. The van der Waals surface area contributed by atoms with E-state index in [1.165, 1.54) is 18.8 Å². The predicted octanol–water partition coefficient (Wildman–Crippen LogP) is 2.08. The molecule has 6 heteroatoms. The lowest BCUT2D eigenvalue weighted by Crippen LogP contribution is -2.05. The second kappa shape index (κ2) is 9.21. The maximum absolute atomic E-state index is 5.75. The molecule has 0 aliphatic rings. The summed E-state index contributed by atoms with van der Waals surface area (Å²) in [7, 11) is 1.50. The van der Waals surface area contributed by atoms with Gasteiger partial charge in [0.25, 0.3) is 0 Å². The molecule has 0 amide bonds. The van der Waals surface area contributed by atoms with Crippen molar-refractivity contribution in [2.45, 2.75) is 5.75 Å². The van der Waals surface area contributed by atoms with Crippen LogP contribution in [0, 0.1) is 0 Å². The second-order valence-corrected chi connectivity index (χ2v) is 3.93. The molecular formula is C10H15ClN4S. The summed E-state index contributed by atoms with van der Waals surface area (Å²) in [5.74, 6) is 0.752. The first kappa shape index (κ1) is 15.0. The molecule has 0 spiro atoms. The van der Waals surface area contributed by atoms with Gasteiger partial charge in [0.1, 0.15) is 0 Å². The first-order chi connectivity index (χ1) is 7.72. The van der Waals surface area contributed by atoms with Gasteiger partial charge >= 0.3 is 0 Å². The van der Waals surface area contributed by atoms with Gasteiger partial charge in [-0.15, -0.1) is 5.10 Å². The number of nitrogens with two attached hydrogens (primary N) is 2. The number of amidine groups is 1. The topological polar surface area (TPSA) is 76.8 Å². The molecule has 88 valence electrons. The van der Waals surface area contributed by atoms with E-state index in [-0.39, 0.29) is 0 Å². The Labute approximate surface area is 105 Å². The van der Waals surface area contributed by atoms with Crippen molar-refractivity contribution in [3.8, 4) is 0 Å². The van der Waals surface area contributed by atoms with Crippen LogP contribution in [0.2, 0.25) is 5.02 Å². The van der Waals surface area contributed by atoms with Gasteiger partial charge < -0.3 is 11.5 Å². The van der Waals surface area contributed by atoms with E-state index in [4.69, 9.17) is 17.3 Å². The van der Waals surface area contributed by atoms with Gasteiger partial charge in [-0.1, -0.05) is 35.5 Å². The van der Waals surface area contributed by atoms with Crippen molar-refractivity contribution in [3.05, 3.63) is 34.9 Å². The molecule has 0 saturated heterocycles. The van der Waals surface area contributed by atoms with Crippen LogP contribution in [0.3, 0.4) is 0 Å². The van der Waals surface area contributed by atoms with E-state index in [0.29, 0.717) is 5.17 Å². The molecular weight excluding hydrogens is 244 g/mol. The zero-order chi connectivity index (χ0) is 12.4. The standard InChI is InChI=1S/C9H10ClN3S.CH5N/c1-12-13-9(11)14-6-7-2-4-8(10)5-3-7;1-2/h2-5H,1,6H2,(H2,11,13);2H2,1H3. The van der Waals surface area contributed by atoms with Crippen molar-refractivity contribution in [1.29, 1.82) is 0 Å². The minimum Gasteiger partial charge on any atom is -0.377 e. The molecule has 0 unspecified atom stereocenters. The van der Waals surface area contributed by atoms with E-state index in [1.807, 2.05) is 24.3 Å². The van der Waals surface area contributed by atoms with Gasteiger partial charge in [0.05, 0.1) is 0 Å². The normalized spacial score (nSPS) is 10.3. The molecule has 0 radical (unpaired) electrons. The molecule has 0 aliphatic heterocycles. The van der Waals surface area contributed by atoms with Gasteiger partial charge in [0, 0.05) is 17.5 Å². The summed E-state index contributed by atoms with van der Waals surface area (Å²) >= 11 is 7.16. The van der Waals surface area contributed by atoms with E-state index in [0.717, 1.165) is 16.3 Å². The maximum Gasteiger partial charge on any atom is 0.180 e. The highest BCUT2D eigenvalue weighted by atomic mass is 35.5. The fraction of sp³-hybridized carbons (Fsp3) is 0.200. The Kier molecular flexibility index (Phi) is 8.61. The molecule has 0 heterocycles. The zero-order valence-corrected chi connectivity index (χ0v) is 10.6. The van der Waals surface area contributed by atoms with Crippen LogP contribution in [0.25, 0.3) is 0 Å². The lowest BCUT2D eigenvalue weighted by Gasteiger charge is -1.99. The fourth-order valence-electron chi connectivity index (χ4n) is 0.836. The summed E-state index contributed by atoms with van der Waals surface area (Å²) in [6, 6.07) is 7.58. The number of hydrogen-bond acceptors (Lipinski definition) is 4. The molecule has 4 N–H and O–H groups in total. The number of nitrogens with zero attached hydrogens (tertiary/aromatic N) is 2. The molecule has 0 aromatic heterocycles. The average Bonchev–Trinajstić information content (AvgIpc) is 2.31. The molecule has 4 nitrogen and oxygen atoms in total. The highest BCUT2D eigenvalue weighted by Gasteiger charge is 1.96. The lowest BCUT2D eigenvalue weighted by molar-refractivity contribution is 1.26. The quantitative estimate of drug-likeness (QED) is 0.495. The van der Waals surface area contributed by atoms with Crippen molar-refractivity contribution in [2.75, 3.05) is 7.05 Å². The number of thioether (sulfide) groups is 1. The summed E-state index contributed by atoms with van der Waals surface area (Å²) < 4.78 is 0. The van der Waals surface area contributed by atoms with Crippen LogP contribution in [0.1, 0.15) is 5.56 Å². The number of benzene rings is 1. The SMILES string of the molecule is C=N/N=C(\N)SCc1ccc(Cl)cc1.CN. The van der Waals surface area contributed by atoms with E-state index in [2.05, 4.69) is 22.7 Å². The van der Waals surface area contributed by atoms with Crippen molar-refractivity contribution in [3.63, 3.8) is 0 Å². The Bertz CT molecular complexity index is 337. The summed E-state index contributed by atoms with van der Waals surface area (Å²) in [5.41, 5.74) is 11.2. The van der Waals surface area contributed by atoms with Crippen LogP contribution >= 0.6 is 23.4 Å². The highest BCUT2D eigenvalue weighted by molar-refractivity contribution is 8.13. The largest absolute Gasteiger partial charge is 0.377 e. The van der Waals surface area contributed by atoms with E-state index < -0.39 is 0 Å². The zero-order valence-electron chi connectivity index (χ0n) is 9.06. The lowest BCUT2D eigenvalue weighted by atomic mass is 10.2. The van der Waals surface area contributed by atoms with E-state index in [9.17, 15) is 0 Å². The Morgan fingerprint density at radius 2 is 1.94 bits per heavy atom. The minimum atomic E-state index is 0.412. The maximum atomic E-state index is 5.75. The smallest absolute Gasteiger partial charge is 0.180 e. The summed E-state index contributed by atoms with van der Waals surface area (Å²) in [5, 5.41) is 8.08. The fourth-order valence-corrected chi connectivity index (χ4v) is 1.58. The van der Waals surface area contributed by atoms with Gasteiger partial charge in [0.2, 0.25) is 0 Å². The van der Waals surface area contributed by atoms with Gasteiger partial charge in [-0.05, 0) is 24.7 Å². The summed E-state index contributed by atoms with van der Waals surface area (Å²) in [6.45, 7) is 3.22. The van der Waals surface area contributed by atoms with Crippen LogP contribution in [-0.4, -0.2) is 18.9 Å². The summed E-state index contributed by atoms with van der Waals surface area (Å²) in [4.78, 5) is 0. The molecule has 1 aromatic carbocycles. The molecule has 0 saturated carbocycles. The van der Waals surface area contributed by atoms with E-state index >= 15 is 0 Å². The van der Waals surface area contributed by atoms with E-state index in [1.54, 1.807) is 0 Å². The van der Waals surface area contributed by atoms with Crippen molar-refractivity contribution >= 4 is 35.2 Å². The third kappa shape index (κ3) is 6.44. The number of hydrogen-bond donors (Lipinski definition) is 2. The van der Waals surface area contributed by atoms with Crippen molar-refractivity contribution < 1.29 is 0 Å². The second-order valence-electron chi connectivity index (χ2n) is 2.49. The third-order valence-electron chi connectivity index (χ3n) is 1.47. The van der Waals surface area contributed by atoms with Crippen molar-refractivity contribution in [1.82, 2.24) is 0 Å². The average molecular weight is 259 g/mol. The Balaban J connectivity index is 0.00000106. The Hall–Kier alpha value is -1.04. The van der Waals surface area contributed by atoms with Crippen molar-refractivity contribution in [2.24, 2.45) is 21.7 Å². The summed E-state index contributed by atoms with van der Waals surface area (Å²) in [6.07, 6.45) is 0. The minimum absolute atomic E-state index is 0.412. The Morgan fingerprint density at radius 1 is 1.38 bits per heavy atom. The molecule has 0 aliphatic carbocycles. The molecule has 16 heavy (non-hydrogen) atoms. The van der Waals surface area contributed by atoms with Gasteiger partial charge in [-0.25, -0.2) is 0 Å². The highest BCUT2D eigenvalue weighted by Crippen LogP contribution is 2.15. The number of halogens is 1.